The number of hydrogen-bond donors (Lipinski definition) is 1. The molecule has 1 aromatic heterocycles. The quantitative estimate of drug-likeness (QED) is 0.767. The summed E-state index contributed by atoms with van der Waals surface area (Å²) in [4.78, 5) is 4.29. The van der Waals surface area contributed by atoms with Crippen LogP contribution in [0.25, 0.3) is 0 Å². The van der Waals surface area contributed by atoms with E-state index in [0.29, 0.717) is 12.0 Å². The molecule has 16 heavy (non-hydrogen) atoms. The van der Waals surface area contributed by atoms with Crippen molar-refractivity contribution >= 4 is 0 Å². The van der Waals surface area contributed by atoms with Gasteiger partial charge in [-0.3, -0.25) is 4.68 Å². The molecule has 0 aliphatic heterocycles. The first-order chi connectivity index (χ1) is 7.69. The van der Waals surface area contributed by atoms with Crippen molar-refractivity contribution in [2.75, 3.05) is 6.54 Å². The third-order valence-electron chi connectivity index (χ3n) is 3.20. The molecular weight excluding hydrogens is 200 g/mol. The Hall–Kier alpha value is -0.900. The van der Waals surface area contributed by atoms with Crippen LogP contribution in [0.5, 0.6) is 0 Å². The van der Waals surface area contributed by atoms with Crippen LogP contribution in [0.1, 0.15) is 39.4 Å². The first-order valence-electron chi connectivity index (χ1n) is 6.25. The van der Waals surface area contributed by atoms with Crippen LogP contribution in [0.15, 0.2) is 6.33 Å². The Morgan fingerprint density at radius 3 is 2.69 bits per heavy atom. The van der Waals surface area contributed by atoms with Gasteiger partial charge >= 0.3 is 0 Å². The number of rotatable bonds is 7. The molecule has 0 amide bonds. The molecule has 0 aromatic carbocycles. The molecule has 1 aromatic rings. The monoisotopic (exact) mass is 224 g/mol. The fourth-order valence-electron chi connectivity index (χ4n) is 1.95. The fourth-order valence-corrected chi connectivity index (χ4v) is 1.95. The van der Waals surface area contributed by atoms with E-state index in [-0.39, 0.29) is 0 Å². The van der Waals surface area contributed by atoms with E-state index in [2.05, 4.69) is 36.2 Å². The zero-order chi connectivity index (χ0) is 12.0. The van der Waals surface area contributed by atoms with Crippen molar-refractivity contribution in [1.29, 1.82) is 0 Å². The van der Waals surface area contributed by atoms with Gasteiger partial charge in [0.05, 0.1) is 0 Å². The Kier molecular flexibility index (Phi) is 5.46. The van der Waals surface area contributed by atoms with Gasteiger partial charge in [0, 0.05) is 19.5 Å². The van der Waals surface area contributed by atoms with Crippen molar-refractivity contribution < 1.29 is 0 Å². The Bertz CT molecular complexity index is 295. The van der Waals surface area contributed by atoms with E-state index in [9.17, 15) is 0 Å². The van der Waals surface area contributed by atoms with Crippen molar-refractivity contribution in [3.8, 4) is 0 Å². The molecule has 0 saturated heterocycles. The average Bonchev–Trinajstić information content (AvgIpc) is 2.68. The molecule has 0 spiro atoms. The second kappa shape index (κ2) is 6.63. The minimum Gasteiger partial charge on any atom is -0.314 e. The molecule has 1 N–H and O–H groups in total. The van der Waals surface area contributed by atoms with Gasteiger partial charge in [-0.05, 0) is 25.8 Å². The Labute approximate surface area is 98.5 Å². The summed E-state index contributed by atoms with van der Waals surface area (Å²) in [6.07, 6.45) is 4.99. The molecule has 1 heterocycles. The average molecular weight is 224 g/mol. The fraction of sp³-hybridized carbons (Fsp3) is 0.833. The predicted octanol–water partition coefficient (Wildman–Crippen LogP) is 1.77. The molecule has 4 heteroatoms. The maximum atomic E-state index is 4.29. The molecule has 2 atom stereocenters. The van der Waals surface area contributed by atoms with E-state index in [0.717, 1.165) is 18.8 Å². The van der Waals surface area contributed by atoms with Gasteiger partial charge in [-0.15, -0.1) is 0 Å². The summed E-state index contributed by atoms with van der Waals surface area (Å²) in [5.41, 5.74) is 0. The molecule has 0 saturated carbocycles. The highest BCUT2D eigenvalue weighted by Crippen LogP contribution is 2.14. The highest BCUT2D eigenvalue weighted by Gasteiger charge is 2.17. The van der Waals surface area contributed by atoms with E-state index in [1.165, 1.54) is 12.8 Å². The molecule has 2 unspecified atom stereocenters. The van der Waals surface area contributed by atoms with Gasteiger partial charge in [0.15, 0.2) is 0 Å². The first kappa shape index (κ1) is 13.2. The van der Waals surface area contributed by atoms with E-state index in [1.54, 1.807) is 6.33 Å². The van der Waals surface area contributed by atoms with Gasteiger partial charge in [-0.2, -0.15) is 5.10 Å². The van der Waals surface area contributed by atoms with Crippen LogP contribution >= 0.6 is 0 Å². The summed E-state index contributed by atoms with van der Waals surface area (Å²) in [5, 5.41) is 7.67. The lowest BCUT2D eigenvalue weighted by molar-refractivity contribution is 0.353. The number of aryl methyl sites for hydroxylation is 1. The highest BCUT2D eigenvalue weighted by atomic mass is 15.3. The van der Waals surface area contributed by atoms with Crippen molar-refractivity contribution in [2.45, 2.75) is 46.1 Å². The molecule has 0 fully saturated rings. The number of hydrogen-bond acceptors (Lipinski definition) is 3. The van der Waals surface area contributed by atoms with Crippen molar-refractivity contribution in [3.63, 3.8) is 0 Å². The lowest BCUT2D eigenvalue weighted by Gasteiger charge is -2.23. The van der Waals surface area contributed by atoms with Crippen LogP contribution in [-0.2, 0) is 13.5 Å². The summed E-state index contributed by atoms with van der Waals surface area (Å²) < 4.78 is 1.87. The largest absolute Gasteiger partial charge is 0.314 e. The third-order valence-corrected chi connectivity index (χ3v) is 3.20. The maximum absolute atomic E-state index is 4.29. The topological polar surface area (TPSA) is 42.7 Å². The van der Waals surface area contributed by atoms with Gasteiger partial charge in [-0.1, -0.05) is 20.3 Å². The Balaban J connectivity index is 2.51. The van der Waals surface area contributed by atoms with E-state index < -0.39 is 0 Å². The predicted molar refractivity (Wildman–Crippen MR) is 66.2 cm³/mol. The van der Waals surface area contributed by atoms with Gasteiger partial charge in [0.1, 0.15) is 12.2 Å². The van der Waals surface area contributed by atoms with E-state index in [4.69, 9.17) is 0 Å². The lowest BCUT2D eigenvalue weighted by atomic mass is 9.94. The summed E-state index contributed by atoms with van der Waals surface area (Å²) in [6.45, 7) is 7.80. The van der Waals surface area contributed by atoms with Crippen molar-refractivity contribution in [1.82, 2.24) is 20.1 Å². The van der Waals surface area contributed by atoms with Crippen LogP contribution in [0.2, 0.25) is 0 Å². The SMILES string of the molecule is CCCNC(C)C(CC)Cc1ncnn1C. The normalized spacial score (nSPS) is 15.0. The smallest absolute Gasteiger partial charge is 0.138 e. The van der Waals surface area contributed by atoms with Gasteiger partial charge in [0.2, 0.25) is 0 Å². The molecule has 92 valence electrons. The number of nitrogens with one attached hydrogen (secondary N) is 1. The minimum absolute atomic E-state index is 0.543. The summed E-state index contributed by atoms with van der Waals surface area (Å²) in [7, 11) is 1.96. The second-order valence-corrected chi connectivity index (χ2v) is 4.42. The standard InChI is InChI=1S/C12H24N4/c1-5-7-13-10(3)11(6-2)8-12-14-9-15-16(12)4/h9-11,13H,5-8H2,1-4H3. The van der Waals surface area contributed by atoms with E-state index >= 15 is 0 Å². The molecular formula is C12H24N4. The Morgan fingerprint density at radius 1 is 1.44 bits per heavy atom. The minimum atomic E-state index is 0.543. The van der Waals surface area contributed by atoms with Gasteiger partial charge < -0.3 is 5.32 Å². The molecule has 0 aliphatic carbocycles. The summed E-state index contributed by atoms with van der Waals surface area (Å²) in [6, 6.07) is 0.543. The Morgan fingerprint density at radius 2 is 2.19 bits per heavy atom. The summed E-state index contributed by atoms with van der Waals surface area (Å²) in [5.74, 6) is 1.71. The van der Waals surface area contributed by atoms with Crippen LogP contribution in [0.3, 0.4) is 0 Å². The molecule has 1 rings (SSSR count). The second-order valence-electron chi connectivity index (χ2n) is 4.42. The maximum Gasteiger partial charge on any atom is 0.138 e. The zero-order valence-electron chi connectivity index (χ0n) is 10.9. The van der Waals surface area contributed by atoms with Crippen LogP contribution in [0, 0.1) is 5.92 Å². The van der Waals surface area contributed by atoms with E-state index in [1.807, 2.05) is 11.7 Å². The van der Waals surface area contributed by atoms with Crippen molar-refractivity contribution in [2.24, 2.45) is 13.0 Å². The van der Waals surface area contributed by atoms with Crippen LogP contribution < -0.4 is 5.32 Å². The number of nitrogens with zero attached hydrogens (tertiary/aromatic N) is 3. The molecule has 0 radical (unpaired) electrons. The first-order valence-corrected chi connectivity index (χ1v) is 6.25. The summed E-state index contributed by atoms with van der Waals surface area (Å²) >= 11 is 0. The molecule has 0 bridgehead atoms. The number of aromatic nitrogens is 3. The van der Waals surface area contributed by atoms with Crippen molar-refractivity contribution in [3.05, 3.63) is 12.2 Å². The van der Waals surface area contributed by atoms with Gasteiger partial charge in [-0.25, -0.2) is 4.98 Å². The molecule has 0 aliphatic rings. The lowest BCUT2D eigenvalue weighted by Crippen LogP contribution is -2.35. The van der Waals surface area contributed by atoms with Gasteiger partial charge in [0.25, 0.3) is 0 Å². The van der Waals surface area contributed by atoms with Crippen LogP contribution in [-0.4, -0.2) is 27.4 Å². The third kappa shape index (κ3) is 3.59. The zero-order valence-corrected chi connectivity index (χ0v) is 10.9. The molecule has 4 nitrogen and oxygen atoms in total. The highest BCUT2D eigenvalue weighted by molar-refractivity contribution is 4.88. The van der Waals surface area contributed by atoms with Crippen LogP contribution in [0.4, 0.5) is 0 Å².